The Hall–Kier alpha value is -1.18. The first kappa shape index (κ1) is 13.3. The molecule has 2 aliphatic carbocycles. The van der Waals surface area contributed by atoms with Crippen LogP contribution < -0.4 is 0 Å². The summed E-state index contributed by atoms with van der Waals surface area (Å²) in [6, 6.07) is 0. The Morgan fingerprint density at radius 1 is 1.61 bits per heavy atom. The normalized spacial score (nSPS) is 31.7. The average molecular weight is 245 g/mol. The van der Waals surface area contributed by atoms with Crippen LogP contribution in [0.25, 0.3) is 0 Å². The smallest absolute Gasteiger partial charge is 0.139 e. The number of carbonyl (C=O) groups excluding carboxylic acids is 1. The van der Waals surface area contributed by atoms with Gasteiger partial charge in [0.25, 0.3) is 0 Å². The summed E-state index contributed by atoms with van der Waals surface area (Å²) in [5, 5.41) is 7.12. The molecule has 0 aromatic carbocycles. The standard InChI is InChI=1S/C16H23NO/c1-3-11(2)16(18)15-10-14(15)13-6-4-12(5-7-13)8-9-17/h4,6-7,9,11-12,14-15,17H,3,5,8,10H2,1-2H3. The summed E-state index contributed by atoms with van der Waals surface area (Å²) in [5.41, 5.74) is 1.36. The minimum Gasteiger partial charge on any atom is -0.313 e. The minimum atomic E-state index is 0.221. The number of hydrogen-bond acceptors (Lipinski definition) is 2. The van der Waals surface area contributed by atoms with Crippen LogP contribution in [0.5, 0.6) is 0 Å². The molecule has 0 aromatic heterocycles. The number of hydrogen-bond donors (Lipinski definition) is 1. The van der Waals surface area contributed by atoms with Gasteiger partial charge in [-0.25, -0.2) is 0 Å². The van der Waals surface area contributed by atoms with Crippen molar-refractivity contribution in [3.8, 4) is 0 Å². The van der Waals surface area contributed by atoms with Crippen LogP contribution >= 0.6 is 0 Å². The molecule has 0 spiro atoms. The Labute approximate surface area is 110 Å². The molecule has 4 atom stereocenters. The number of ketones is 1. The van der Waals surface area contributed by atoms with E-state index in [1.165, 1.54) is 11.8 Å². The van der Waals surface area contributed by atoms with Crippen LogP contribution in [-0.4, -0.2) is 12.0 Å². The molecule has 0 amide bonds. The van der Waals surface area contributed by atoms with E-state index in [1.54, 1.807) is 0 Å². The van der Waals surface area contributed by atoms with E-state index < -0.39 is 0 Å². The lowest BCUT2D eigenvalue weighted by molar-refractivity contribution is -0.123. The Bertz CT molecular complexity index is 394. The highest BCUT2D eigenvalue weighted by Gasteiger charge is 2.45. The fourth-order valence-corrected chi connectivity index (χ4v) is 2.73. The molecule has 1 N–H and O–H groups in total. The highest BCUT2D eigenvalue weighted by Crippen LogP contribution is 2.47. The van der Waals surface area contributed by atoms with Crippen molar-refractivity contribution in [2.75, 3.05) is 0 Å². The predicted octanol–water partition coefficient (Wildman–Crippen LogP) is 3.78. The number of Topliss-reactive ketones (excluding diaryl/α,β-unsaturated/α-hetero) is 1. The summed E-state index contributed by atoms with van der Waals surface area (Å²) in [7, 11) is 0. The van der Waals surface area contributed by atoms with Crippen molar-refractivity contribution in [1.82, 2.24) is 0 Å². The second kappa shape index (κ2) is 5.64. The molecule has 1 fully saturated rings. The Kier molecular flexibility index (Phi) is 4.15. The topological polar surface area (TPSA) is 40.9 Å². The van der Waals surface area contributed by atoms with E-state index in [9.17, 15) is 4.79 Å². The van der Waals surface area contributed by atoms with E-state index in [0.717, 1.165) is 25.7 Å². The highest BCUT2D eigenvalue weighted by molar-refractivity contribution is 5.86. The van der Waals surface area contributed by atoms with Crippen LogP contribution in [0.1, 0.15) is 39.5 Å². The van der Waals surface area contributed by atoms with Crippen molar-refractivity contribution in [2.24, 2.45) is 23.7 Å². The van der Waals surface area contributed by atoms with Gasteiger partial charge in [0.2, 0.25) is 0 Å². The van der Waals surface area contributed by atoms with Gasteiger partial charge in [0.1, 0.15) is 5.78 Å². The molecule has 0 aliphatic heterocycles. The zero-order chi connectivity index (χ0) is 13.1. The van der Waals surface area contributed by atoms with E-state index >= 15 is 0 Å². The first-order chi connectivity index (χ1) is 8.67. The van der Waals surface area contributed by atoms with E-state index in [-0.39, 0.29) is 11.8 Å². The molecule has 2 rings (SSSR count). The molecule has 4 unspecified atom stereocenters. The minimum absolute atomic E-state index is 0.221. The predicted molar refractivity (Wildman–Crippen MR) is 74.8 cm³/mol. The zero-order valence-electron chi connectivity index (χ0n) is 11.4. The van der Waals surface area contributed by atoms with Crippen molar-refractivity contribution in [3.05, 3.63) is 23.8 Å². The molecule has 18 heavy (non-hydrogen) atoms. The van der Waals surface area contributed by atoms with E-state index in [4.69, 9.17) is 5.41 Å². The summed E-state index contributed by atoms with van der Waals surface area (Å²) >= 11 is 0. The third-order valence-corrected chi connectivity index (χ3v) is 4.32. The van der Waals surface area contributed by atoms with Gasteiger partial charge in [-0.05, 0) is 49.3 Å². The van der Waals surface area contributed by atoms with Gasteiger partial charge in [0.05, 0.1) is 0 Å². The third-order valence-electron chi connectivity index (χ3n) is 4.32. The van der Waals surface area contributed by atoms with Gasteiger partial charge < -0.3 is 5.41 Å². The summed E-state index contributed by atoms with van der Waals surface area (Å²) in [4.78, 5) is 12.1. The molecular formula is C16H23NO. The first-order valence-corrected chi connectivity index (χ1v) is 7.08. The number of allylic oxidation sites excluding steroid dienone is 4. The molecule has 0 saturated heterocycles. The lowest BCUT2D eigenvalue weighted by Gasteiger charge is -2.14. The lowest BCUT2D eigenvalue weighted by atomic mass is 9.91. The van der Waals surface area contributed by atoms with E-state index in [0.29, 0.717) is 17.6 Å². The summed E-state index contributed by atoms with van der Waals surface area (Å²) in [5.74, 6) is 1.95. The molecule has 0 aromatic rings. The molecule has 1 saturated carbocycles. The average Bonchev–Trinajstić information content (AvgIpc) is 3.18. The van der Waals surface area contributed by atoms with Gasteiger partial charge in [0, 0.05) is 11.8 Å². The Morgan fingerprint density at radius 2 is 2.39 bits per heavy atom. The summed E-state index contributed by atoms with van der Waals surface area (Å²) in [6.45, 7) is 4.13. The second-order valence-electron chi connectivity index (χ2n) is 5.66. The van der Waals surface area contributed by atoms with Crippen molar-refractivity contribution in [3.63, 3.8) is 0 Å². The van der Waals surface area contributed by atoms with Crippen LogP contribution in [0.4, 0.5) is 0 Å². The molecule has 0 heterocycles. The largest absolute Gasteiger partial charge is 0.313 e. The van der Waals surface area contributed by atoms with Crippen molar-refractivity contribution in [2.45, 2.75) is 39.5 Å². The molecule has 2 nitrogen and oxygen atoms in total. The van der Waals surface area contributed by atoms with Gasteiger partial charge in [-0.3, -0.25) is 4.79 Å². The number of nitrogens with one attached hydrogen (secondary N) is 1. The van der Waals surface area contributed by atoms with Crippen LogP contribution in [0.2, 0.25) is 0 Å². The highest BCUT2D eigenvalue weighted by atomic mass is 16.1. The summed E-state index contributed by atoms with van der Waals surface area (Å²) in [6.07, 6.45) is 12.0. The Balaban J connectivity index is 1.88. The fourth-order valence-electron chi connectivity index (χ4n) is 2.73. The van der Waals surface area contributed by atoms with Crippen LogP contribution in [-0.2, 0) is 4.79 Å². The Morgan fingerprint density at radius 3 is 2.94 bits per heavy atom. The molecule has 2 aliphatic rings. The van der Waals surface area contributed by atoms with Gasteiger partial charge in [-0.15, -0.1) is 0 Å². The van der Waals surface area contributed by atoms with Crippen LogP contribution in [0, 0.1) is 29.1 Å². The molecule has 0 bridgehead atoms. The maximum absolute atomic E-state index is 12.1. The van der Waals surface area contributed by atoms with Gasteiger partial charge in [-0.1, -0.05) is 32.1 Å². The maximum Gasteiger partial charge on any atom is 0.139 e. The SMILES string of the molecule is CCC(C)C(=O)C1CC1C1=CCC(CC=N)C=C1. The summed E-state index contributed by atoms with van der Waals surface area (Å²) < 4.78 is 0. The first-order valence-electron chi connectivity index (χ1n) is 7.08. The van der Waals surface area contributed by atoms with E-state index in [1.807, 2.05) is 6.92 Å². The van der Waals surface area contributed by atoms with Crippen molar-refractivity contribution < 1.29 is 4.79 Å². The fraction of sp³-hybridized carbons (Fsp3) is 0.625. The maximum atomic E-state index is 12.1. The lowest BCUT2D eigenvalue weighted by Crippen LogP contribution is -2.13. The number of carbonyl (C=O) groups is 1. The van der Waals surface area contributed by atoms with Crippen molar-refractivity contribution in [1.29, 1.82) is 5.41 Å². The van der Waals surface area contributed by atoms with Gasteiger partial charge in [-0.2, -0.15) is 0 Å². The molecule has 0 radical (unpaired) electrons. The zero-order valence-corrected chi connectivity index (χ0v) is 11.4. The van der Waals surface area contributed by atoms with Crippen molar-refractivity contribution >= 4 is 12.0 Å². The van der Waals surface area contributed by atoms with Gasteiger partial charge in [0.15, 0.2) is 0 Å². The molecule has 98 valence electrons. The van der Waals surface area contributed by atoms with E-state index in [2.05, 4.69) is 25.2 Å². The molecular weight excluding hydrogens is 222 g/mol. The second-order valence-corrected chi connectivity index (χ2v) is 5.66. The number of rotatable bonds is 6. The molecule has 2 heteroatoms. The third kappa shape index (κ3) is 2.80. The van der Waals surface area contributed by atoms with Crippen LogP contribution in [0.3, 0.4) is 0 Å². The monoisotopic (exact) mass is 245 g/mol. The van der Waals surface area contributed by atoms with Crippen LogP contribution in [0.15, 0.2) is 23.8 Å². The quantitative estimate of drug-likeness (QED) is 0.711. The van der Waals surface area contributed by atoms with Gasteiger partial charge >= 0.3 is 0 Å².